The lowest BCUT2D eigenvalue weighted by Gasteiger charge is -2.09. The van der Waals surface area contributed by atoms with Crippen molar-refractivity contribution in [3.05, 3.63) is 47.5 Å². The number of nitrogens with zero attached hydrogens (tertiary/aromatic N) is 2. The van der Waals surface area contributed by atoms with Crippen molar-refractivity contribution >= 4 is 0 Å². The van der Waals surface area contributed by atoms with Crippen LogP contribution in [0, 0.1) is 13.8 Å². The molecule has 90 valence electrons. The van der Waals surface area contributed by atoms with Crippen LogP contribution in [-0.4, -0.2) is 15.6 Å². The molecule has 0 saturated carbocycles. The molecule has 1 aromatic heterocycles. The first-order valence-corrected chi connectivity index (χ1v) is 5.93. The molecule has 1 unspecified atom stereocenters. The molecule has 0 radical (unpaired) electrons. The molecule has 1 heterocycles. The van der Waals surface area contributed by atoms with Gasteiger partial charge in [-0.05, 0) is 44.9 Å². The molecule has 0 fully saturated rings. The maximum Gasteiger partial charge on any atom is 0.0997 e. The van der Waals surface area contributed by atoms with Crippen molar-refractivity contribution in [2.75, 3.05) is 0 Å². The van der Waals surface area contributed by atoms with E-state index in [0.717, 1.165) is 17.8 Å². The van der Waals surface area contributed by atoms with E-state index in [-0.39, 0.29) is 6.04 Å². The van der Waals surface area contributed by atoms with Crippen LogP contribution in [0.3, 0.4) is 0 Å². The molecule has 2 N–H and O–H groups in total. The van der Waals surface area contributed by atoms with Crippen LogP contribution in [0.5, 0.6) is 0 Å². The molecule has 3 nitrogen and oxygen atoms in total. The van der Waals surface area contributed by atoms with Crippen LogP contribution >= 0.6 is 0 Å². The van der Waals surface area contributed by atoms with Crippen LogP contribution in [-0.2, 0) is 6.42 Å². The highest BCUT2D eigenvalue weighted by atomic mass is 15.1. The Labute approximate surface area is 102 Å². The maximum atomic E-state index is 5.83. The fourth-order valence-corrected chi connectivity index (χ4v) is 1.96. The lowest BCUT2D eigenvalue weighted by atomic mass is 10.1. The molecule has 0 aliphatic rings. The summed E-state index contributed by atoms with van der Waals surface area (Å²) >= 11 is 0. The lowest BCUT2D eigenvalue weighted by Crippen LogP contribution is -2.17. The minimum absolute atomic E-state index is 0.191. The Morgan fingerprint density at radius 3 is 2.71 bits per heavy atom. The summed E-state index contributed by atoms with van der Waals surface area (Å²) in [5.41, 5.74) is 10.5. The van der Waals surface area contributed by atoms with Crippen molar-refractivity contribution in [3.8, 4) is 5.69 Å². The highest BCUT2D eigenvalue weighted by Crippen LogP contribution is 2.15. The summed E-state index contributed by atoms with van der Waals surface area (Å²) in [4.78, 5) is 4.32. The van der Waals surface area contributed by atoms with Gasteiger partial charge in [0.15, 0.2) is 0 Å². The van der Waals surface area contributed by atoms with E-state index in [4.69, 9.17) is 5.73 Å². The van der Waals surface area contributed by atoms with Crippen molar-refractivity contribution in [1.29, 1.82) is 0 Å². The molecule has 1 aromatic carbocycles. The molecule has 0 saturated heterocycles. The number of imidazole rings is 1. The second-order valence-electron chi connectivity index (χ2n) is 4.64. The summed E-state index contributed by atoms with van der Waals surface area (Å²) in [6.45, 7) is 6.14. The predicted octanol–water partition coefficient (Wildman–Crippen LogP) is 2.38. The van der Waals surface area contributed by atoms with Crippen LogP contribution in [0.4, 0.5) is 0 Å². The molecular formula is C14H19N3. The quantitative estimate of drug-likeness (QED) is 0.878. The Morgan fingerprint density at radius 2 is 2.12 bits per heavy atom. The first-order valence-electron chi connectivity index (χ1n) is 5.93. The largest absolute Gasteiger partial charge is 0.328 e. The molecule has 0 aliphatic heterocycles. The molecule has 0 spiro atoms. The number of benzene rings is 1. The number of hydrogen-bond donors (Lipinski definition) is 1. The normalized spacial score (nSPS) is 12.7. The van der Waals surface area contributed by atoms with E-state index in [1.54, 1.807) is 0 Å². The summed E-state index contributed by atoms with van der Waals surface area (Å²) in [7, 11) is 0. The Hall–Kier alpha value is -1.61. The molecule has 0 bridgehead atoms. The van der Waals surface area contributed by atoms with E-state index in [0.29, 0.717) is 0 Å². The van der Waals surface area contributed by atoms with Crippen molar-refractivity contribution in [2.45, 2.75) is 33.2 Å². The molecule has 1 atom stereocenters. The van der Waals surface area contributed by atoms with Crippen LogP contribution in [0.25, 0.3) is 5.69 Å². The molecule has 2 rings (SSSR count). The number of rotatable bonds is 3. The van der Waals surface area contributed by atoms with Crippen molar-refractivity contribution in [2.24, 2.45) is 5.73 Å². The Balaban J connectivity index is 2.36. The SMILES string of the molecule is Cc1ncn(-c2cccc(CC(C)N)c2)c1C. The monoisotopic (exact) mass is 229 g/mol. The van der Waals surface area contributed by atoms with Crippen LogP contribution in [0.15, 0.2) is 30.6 Å². The summed E-state index contributed by atoms with van der Waals surface area (Å²) in [6.07, 6.45) is 2.77. The Bertz CT molecular complexity index is 512. The third-order valence-corrected chi connectivity index (χ3v) is 3.00. The van der Waals surface area contributed by atoms with E-state index < -0.39 is 0 Å². The second kappa shape index (κ2) is 4.72. The van der Waals surface area contributed by atoms with Crippen LogP contribution in [0.1, 0.15) is 23.9 Å². The number of nitrogens with two attached hydrogens (primary N) is 1. The predicted molar refractivity (Wildman–Crippen MR) is 70.4 cm³/mol. The molecule has 2 aromatic rings. The van der Waals surface area contributed by atoms with E-state index in [9.17, 15) is 0 Å². The van der Waals surface area contributed by atoms with Crippen molar-refractivity contribution < 1.29 is 0 Å². The fraction of sp³-hybridized carbons (Fsp3) is 0.357. The van der Waals surface area contributed by atoms with Gasteiger partial charge in [-0.15, -0.1) is 0 Å². The summed E-state index contributed by atoms with van der Waals surface area (Å²) < 4.78 is 2.11. The van der Waals surface area contributed by atoms with E-state index >= 15 is 0 Å². The molecule has 3 heteroatoms. The fourth-order valence-electron chi connectivity index (χ4n) is 1.96. The van der Waals surface area contributed by atoms with Gasteiger partial charge >= 0.3 is 0 Å². The Kier molecular flexibility index (Phi) is 3.29. The van der Waals surface area contributed by atoms with Gasteiger partial charge in [0, 0.05) is 17.4 Å². The molecule has 17 heavy (non-hydrogen) atoms. The van der Waals surface area contributed by atoms with Gasteiger partial charge in [-0.1, -0.05) is 12.1 Å². The molecular weight excluding hydrogens is 210 g/mol. The average Bonchev–Trinajstić information content (AvgIpc) is 2.59. The standard InChI is InChI=1S/C14H19N3/c1-10(15)7-13-5-4-6-14(8-13)17-9-16-11(2)12(17)3/h4-6,8-10H,7,15H2,1-3H3. The minimum atomic E-state index is 0.191. The zero-order valence-electron chi connectivity index (χ0n) is 10.6. The number of aryl methyl sites for hydroxylation is 1. The summed E-state index contributed by atoms with van der Waals surface area (Å²) in [5.74, 6) is 0. The van der Waals surface area contributed by atoms with E-state index in [1.807, 2.05) is 20.2 Å². The third-order valence-electron chi connectivity index (χ3n) is 3.00. The molecule has 0 amide bonds. The van der Waals surface area contributed by atoms with E-state index in [2.05, 4.69) is 40.7 Å². The van der Waals surface area contributed by atoms with Gasteiger partial charge in [0.2, 0.25) is 0 Å². The minimum Gasteiger partial charge on any atom is -0.328 e. The zero-order chi connectivity index (χ0) is 12.4. The highest BCUT2D eigenvalue weighted by molar-refractivity contribution is 5.38. The summed E-state index contributed by atoms with van der Waals surface area (Å²) in [6, 6.07) is 8.65. The Morgan fingerprint density at radius 1 is 1.35 bits per heavy atom. The van der Waals surface area contributed by atoms with Gasteiger partial charge in [0.25, 0.3) is 0 Å². The van der Waals surface area contributed by atoms with Crippen LogP contribution < -0.4 is 5.73 Å². The number of hydrogen-bond acceptors (Lipinski definition) is 2. The van der Waals surface area contributed by atoms with Gasteiger partial charge in [0.05, 0.1) is 12.0 Å². The second-order valence-corrected chi connectivity index (χ2v) is 4.64. The maximum absolute atomic E-state index is 5.83. The van der Waals surface area contributed by atoms with Gasteiger partial charge in [0.1, 0.15) is 0 Å². The lowest BCUT2D eigenvalue weighted by molar-refractivity contribution is 0.737. The number of aromatic nitrogens is 2. The highest BCUT2D eigenvalue weighted by Gasteiger charge is 2.05. The topological polar surface area (TPSA) is 43.8 Å². The van der Waals surface area contributed by atoms with Crippen LogP contribution in [0.2, 0.25) is 0 Å². The first kappa shape index (κ1) is 11.9. The van der Waals surface area contributed by atoms with Crippen molar-refractivity contribution in [3.63, 3.8) is 0 Å². The van der Waals surface area contributed by atoms with Gasteiger partial charge in [-0.25, -0.2) is 4.98 Å². The smallest absolute Gasteiger partial charge is 0.0997 e. The summed E-state index contributed by atoms with van der Waals surface area (Å²) in [5, 5.41) is 0. The third kappa shape index (κ3) is 2.56. The van der Waals surface area contributed by atoms with Gasteiger partial charge < -0.3 is 10.3 Å². The van der Waals surface area contributed by atoms with Gasteiger partial charge in [-0.3, -0.25) is 0 Å². The average molecular weight is 229 g/mol. The zero-order valence-corrected chi connectivity index (χ0v) is 10.6. The molecule has 0 aliphatic carbocycles. The van der Waals surface area contributed by atoms with Gasteiger partial charge in [-0.2, -0.15) is 0 Å². The first-order chi connectivity index (χ1) is 8.08. The van der Waals surface area contributed by atoms with E-state index in [1.165, 1.54) is 11.3 Å². The van der Waals surface area contributed by atoms with Crippen molar-refractivity contribution in [1.82, 2.24) is 9.55 Å².